The number of halogens is 2. The topological polar surface area (TPSA) is 72.2 Å². The molecule has 5 nitrogen and oxygen atoms in total. The van der Waals surface area contributed by atoms with Crippen LogP contribution < -0.4 is 5.32 Å². The van der Waals surface area contributed by atoms with Gasteiger partial charge in [0.25, 0.3) is 11.6 Å². The van der Waals surface area contributed by atoms with Gasteiger partial charge in [-0.2, -0.15) is 0 Å². The molecule has 0 saturated carbocycles. The van der Waals surface area contributed by atoms with Crippen LogP contribution in [-0.4, -0.2) is 22.8 Å². The second-order valence-electron chi connectivity index (χ2n) is 4.87. The van der Waals surface area contributed by atoms with E-state index >= 15 is 0 Å². The second-order valence-corrected chi connectivity index (χ2v) is 5.18. The molecule has 0 heterocycles. The van der Waals surface area contributed by atoms with E-state index in [1.165, 1.54) is 0 Å². The lowest BCUT2D eigenvalue weighted by Gasteiger charge is -2.18. The lowest BCUT2D eigenvalue weighted by atomic mass is 10.0. The van der Waals surface area contributed by atoms with Crippen LogP contribution in [0.4, 0.5) is 10.1 Å². The molecular weight excluding hydrogens is 287 g/mol. The zero-order valence-electron chi connectivity index (χ0n) is 11.2. The number of carbonyl (C=O) groups excluding carboxylic acids is 1. The van der Waals surface area contributed by atoms with Crippen molar-refractivity contribution < 1.29 is 14.1 Å². The Morgan fingerprint density at radius 3 is 2.65 bits per heavy atom. The highest BCUT2D eigenvalue weighted by molar-refractivity contribution is 6.18. The standard InChI is InChI=1S/C13H16ClFN2O3/c1-8(2)5-10(7-14)16-13(18)11-4-3-9(15)6-12(11)17(19)20/h3-4,6,8,10H,5,7H2,1-2H3,(H,16,18). The zero-order valence-corrected chi connectivity index (χ0v) is 12.0. The van der Waals surface area contributed by atoms with Crippen molar-refractivity contribution in [3.63, 3.8) is 0 Å². The number of amides is 1. The van der Waals surface area contributed by atoms with Crippen molar-refractivity contribution in [2.75, 3.05) is 5.88 Å². The molecule has 1 unspecified atom stereocenters. The minimum atomic E-state index is -0.782. The zero-order chi connectivity index (χ0) is 15.3. The molecular formula is C13H16ClFN2O3. The summed E-state index contributed by atoms with van der Waals surface area (Å²) >= 11 is 5.76. The summed E-state index contributed by atoms with van der Waals surface area (Å²) in [5.41, 5.74) is -0.726. The first-order valence-electron chi connectivity index (χ1n) is 6.16. The van der Waals surface area contributed by atoms with Gasteiger partial charge in [0.1, 0.15) is 11.4 Å². The van der Waals surface area contributed by atoms with Gasteiger partial charge in [0, 0.05) is 11.9 Å². The average molecular weight is 303 g/mol. The number of hydrogen-bond acceptors (Lipinski definition) is 3. The Kier molecular flexibility index (Phi) is 5.88. The third-order valence-electron chi connectivity index (χ3n) is 2.68. The fourth-order valence-electron chi connectivity index (χ4n) is 1.84. The third kappa shape index (κ3) is 4.45. The molecule has 1 atom stereocenters. The molecule has 1 N–H and O–H groups in total. The van der Waals surface area contributed by atoms with Crippen molar-refractivity contribution in [1.82, 2.24) is 5.32 Å². The van der Waals surface area contributed by atoms with Crippen molar-refractivity contribution in [3.8, 4) is 0 Å². The maximum Gasteiger partial charge on any atom is 0.285 e. The van der Waals surface area contributed by atoms with Gasteiger partial charge in [0.15, 0.2) is 0 Å². The summed E-state index contributed by atoms with van der Waals surface area (Å²) in [7, 11) is 0. The minimum Gasteiger partial charge on any atom is -0.348 e. The molecule has 7 heteroatoms. The Bertz CT molecular complexity index is 508. The molecule has 20 heavy (non-hydrogen) atoms. The summed E-state index contributed by atoms with van der Waals surface area (Å²) in [6.07, 6.45) is 0.657. The van der Waals surface area contributed by atoms with Gasteiger partial charge in [-0.15, -0.1) is 11.6 Å². The summed E-state index contributed by atoms with van der Waals surface area (Å²) in [4.78, 5) is 22.1. The van der Waals surface area contributed by atoms with Crippen molar-refractivity contribution in [3.05, 3.63) is 39.7 Å². The molecule has 0 bridgehead atoms. The number of nitrogens with one attached hydrogen (secondary N) is 1. The van der Waals surface area contributed by atoms with Crippen LogP contribution in [0.1, 0.15) is 30.6 Å². The molecule has 1 aromatic carbocycles. The van der Waals surface area contributed by atoms with Gasteiger partial charge in [0.05, 0.1) is 11.0 Å². The fraction of sp³-hybridized carbons (Fsp3) is 0.462. The number of nitro benzene ring substituents is 1. The van der Waals surface area contributed by atoms with Gasteiger partial charge in [-0.3, -0.25) is 14.9 Å². The van der Waals surface area contributed by atoms with Crippen molar-refractivity contribution in [2.45, 2.75) is 26.3 Å². The molecule has 1 aromatic rings. The fourth-order valence-corrected chi connectivity index (χ4v) is 2.04. The first-order valence-corrected chi connectivity index (χ1v) is 6.69. The van der Waals surface area contributed by atoms with Crippen LogP contribution in [0.15, 0.2) is 18.2 Å². The van der Waals surface area contributed by atoms with Crippen LogP contribution in [0.5, 0.6) is 0 Å². The van der Waals surface area contributed by atoms with E-state index in [2.05, 4.69) is 5.32 Å². The molecule has 110 valence electrons. The van der Waals surface area contributed by atoms with E-state index in [4.69, 9.17) is 11.6 Å². The average Bonchev–Trinajstić information content (AvgIpc) is 2.36. The van der Waals surface area contributed by atoms with Crippen molar-refractivity contribution in [1.29, 1.82) is 0 Å². The van der Waals surface area contributed by atoms with E-state index < -0.39 is 22.3 Å². The lowest BCUT2D eigenvalue weighted by Crippen LogP contribution is -2.37. The maximum absolute atomic E-state index is 13.0. The molecule has 1 amide bonds. The first kappa shape index (κ1) is 16.4. The molecule has 0 aromatic heterocycles. The van der Waals surface area contributed by atoms with Gasteiger partial charge in [-0.05, 0) is 24.5 Å². The van der Waals surface area contributed by atoms with Crippen molar-refractivity contribution >= 4 is 23.2 Å². The van der Waals surface area contributed by atoms with Crippen LogP contribution in [0.25, 0.3) is 0 Å². The minimum absolute atomic E-state index is 0.171. The summed E-state index contributed by atoms with van der Waals surface area (Å²) in [5.74, 6) is -0.853. The first-order chi connectivity index (χ1) is 9.35. The van der Waals surface area contributed by atoms with E-state index in [-0.39, 0.29) is 17.5 Å². The molecule has 0 saturated heterocycles. The number of nitrogens with zero attached hydrogens (tertiary/aromatic N) is 1. The molecule has 0 aliphatic heterocycles. The molecule has 0 aliphatic carbocycles. The predicted octanol–water partition coefficient (Wildman–Crippen LogP) is 3.12. The monoisotopic (exact) mass is 302 g/mol. The third-order valence-corrected chi connectivity index (χ3v) is 3.05. The SMILES string of the molecule is CC(C)CC(CCl)NC(=O)c1ccc(F)cc1[N+](=O)[O-]. The van der Waals surface area contributed by atoms with Crippen molar-refractivity contribution in [2.24, 2.45) is 5.92 Å². The smallest absolute Gasteiger partial charge is 0.285 e. The van der Waals surface area contributed by atoms with E-state index in [1.807, 2.05) is 13.8 Å². The van der Waals surface area contributed by atoms with Crippen LogP contribution in [0.3, 0.4) is 0 Å². The number of nitro groups is 1. The summed E-state index contributed by atoms with van der Waals surface area (Å²) in [6, 6.07) is 2.56. The number of hydrogen-bond donors (Lipinski definition) is 1. The van der Waals surface area contributed by atoms with E-state index in [1.54, 1.807) is 0 Å². The predicted molar refractivity (Wildman–Crippen MR) is 74.5 cm³/mol. The number of benzene rings is 1. The van der Waals surface area contributed by atoms with E-state index in [0.29, 0.717) is 12.3 Å². The summed E-state index contributed by atoms with van der Waals surface area (Å²) in [5, 5.41) is 13.5. The maximum atomic E-state index is 13.0. The Hall–Kier alpha value is -1.69. The summed E-state index contributed by atoms with van der Waals surface area (Å²) < 4.78 is 13.0. The molecule has 1 rings (SSSR count). The number of carbonyl (C=O) groups is 1. The highest BCUT2D eigenvalue weighted by atomic mass is 35.5. The van der Waals surface area contributed by atoms with E-state index in [9.17, 15) is 19.3 Å². The lowest BCUT2D eigenvalue weighted by molar-refractivity contribution is -0.385. The van der Waals surface area contributed by atoms with Gasteiger partial charge in [0.2, 0.25) is 0 Å². The Morgan fingerprint density at radius 2 is 2.15 bits per heavy atom. The quantitative estimate of drug-likeness (QED) is 0.498. The molecule has 0 fully saturated rings. The van der Waals surface area contributed by atoms with Crippen LogP contribution in [0, 0.1) is 21.8 Å². The Balaban J connectivity index is 2.94. The number of rotatable bonds is 6. The van der Waals surface area contributed by atoms with Gasteiger partial charge in [-0.1, -0.05) is 13.8 Å². The van der Waals surface area contributed by atoms with Crippen LogP contribution >= 0.6 is 11.6 Å². The molecule has 0 aliphatic rings. The number of alkyl halides is 1. The molecule has 0 spiro atoms. The van der Waals surface area contributed by atoms with Crippen LogP contribution in [0.2, 0.25) is 0 Å². The summed E-state index contributed by atoms with van der Waals surface area (Å²) in [6.45, 7) is 3.96. The van der Waals surface area contributed by atoms with Gasteiger partial charge < -0.3 is 5.32 Å². The Morgan fingerprint density at radius 1 is 1.50 bits per heavy atom. The van der Waals surface area contributed by atoms with Gasteiger partial charge in [-0.25, -0.2) is 4.39 Å². The second kappa shape index (κ2) is 7.19. The highest BCUT2D eigenvalue weighted by Gasteiger charge is 2.23. The highest BCUT2D eigenvalue weighted by Crippen LogP contribution is 2.20. The normalized spacial score (nSPS) is 12.2. The van der Waals surface area contributed by atoms with Crippen LogP contribution in [-0.2, 0) is 0 Å². The molecule has 0 radical (unpaired) electrons. The van der Waals surface area contributed by atoms with E-state index in [0.717, 1.165) is 18.2 Å². The Labute approximate surface area is 121 Å². The van der Waals surface area contributed by atoms with Gasteiger partial charge >= 0.3 is 0 Å². The largest absolute Gasteiger partial charge is 0.348 e.